The minimum Gasteiger partial charge on any atom is -0.507 e. The number of aromatic hydroxyl groups is 1. The van der Waals surface area contributed by atoms with Crippen LogP contribution in [0.4, 0.5) is 4.39 Å². The van der Waals surface area contributed by atoms with Gasteiger partial charge in [0.25, 0.3) is 0 Å². The predicted octanol–water partition coefficient (Wildman–Crippen LogP) is 5.94. The lowest BCUT2D eigenvalue weighted by Crippen LogP contribution is -2.14. The van der Waals surface area contributed by atoms with Crippen LogP contribution in [0.25, 0.3) is 0 Å². The molecule has 2 aliphatic carbocycles. The minimum absolute atomic E-state index is 0.245. The summed E-state index contributed by atoms with van der Waals surface area (Å²) in [6.07, 6.45) is 21.1. The van der Waals surface area contributed by atoms with Crippen LogP contribution in [-0.2, 0) is 18.6 Å². The standard InChI is InChI=1S/C27H28FOPS/c28-24-11-12-25(23(17-24)18-31)30-26-16-21(13-19-7-3-1-4-8-19)15-22(27(26)29)14-20-9-5-2-6-10-20/h1-7,9,11-12,15-17,19-20,29-31H,8,10,13-14,18H2. The second-order valence-electron chi connectivity index (χ2n) is 8.26. The molecule has 0 aromatic heterocycles. The summed E-state index contributed by atoms with van der Waals surface area (Å²) in [4.78, 5) is 0. The third-order valence-corrected chi connectivity index (χ3v) is 7.62. The normalized spacial score (nSPS) is 20.2. The molecule has 3 unspecified atom stereocenters. The molecule has 0 aliphatic heterocycles. The van der Waals surface area contributed by atoms with Crippen LogP contribution in [0.2, 0.25) is 0 Å². The Morgan fingerprint density at radius 3 is 2.23 bits per heavy atom. The molecular formula is C27H28FOPS. The first kappa shape index (κ1) is 22.1. The maximum absolute atomic E-state index is 13.7. The zero-order valence-corrected chi connectivity index (χ0v) is 19.4. The van der Waals surface area contributed by atoms with Gasteiger partial charge in [-0.2, -0.15) is 12.6 Å². The molecule has 2 aromatic carbocycles. The molecule has 0 saturated heterocycles. The average Bonchev–Trinajstić information content (AvgIpc) is 2.79. The number of halogens is 1. The lowest BCUT2D eigenvalue weighted by atomic mass is 9.89. The van der Waals surface area contributed by atoms with Crippen LogP contribution in [0.15, 0.2) is 78.9 Å². The van der Waals surface area contributed by atoms with Gasteiger partial charge in [-0.1, -0.05) is 69.3 Å². The molecule has 1 nitrogen and oxygen atoms in total. The fourth-order valence-corrected chi connectivity index (χ4v) is 5.97. The Bertz CT molecular complexity index is 1050. The maximum atomic E-state index is 13.7. The van der Waals surface area contributed by atoms with Gasteiger partial charge in [0.1, 0.15) is 11.6 Å². The summed E-state index contributed by atoms with van der Waals surface area (Å²) in [5.74, 6) is 1.50. The SMILES string of the molecule is Oc1c(CC2C=CC=CC2)cc(CC2C=CC=CC2)cc1Pc1ccc(F)cc1CS. The van der Waals surface area contributed by atoms with E-state index < -0.39 is 0 Å². The van der Waals surface area contributed by atoms with Gasteiger partial charge >= 0.3 is 0 Å². The lowest BCUT2D eigenvalue weighted by molar-refractivity contribution is 0.467. The topological polar surface area (TPSA) is 20.2 Å². The summed E-state index contributed by atoms with van der Waals surface area (Å²) in [6.45, 7) is 0. The molecule has 0 fully saturated rings. The predicted molar refractivity (Wildman–Crippen MR) is 135 cm³/mol. The third kappa shape index (κ3) is 5.79. The molecule has 0 bridgehead atoms. The molecule has 0 amide bonds. The number of hydrogen-bond acceptors (Lipinski definition) is 2. The Morgan fingerprint density at radius 2 is 1.58 bits per heavy atom. The molecule has 4 heteroatoms. The minimum atomic E-state index is -0.245. The highest BCUT2D eigenvalue weighted by molar-refractivity contribution is 7.79. The highest BCUT2D eigenvalue weighted by Crippen LogP contribution is 2.30. The van der Waals surface area contributed by atoms with E-state index in [0.29, 0.717) is 23.3 Å². The number of allylic oxidation sites excluding steroid dienone is 8. The van der Waals surface area contributed by atoms with Gasteiger partial charge in [-0.05, 0) is 77.7 Å². The zero-order valence-electron chi connectivity index (χ0n) is 17.5. The summed E-state index contributed by atoms with van der Waals surface area (Å²) in [7, 11) is 0.265. The van der Waals surface area contributed by atoms with Gasteiger partial charge in [0, 0.05) is 11.1 Å². The molecule has 0 heterocycles. The smallest absolute Gasteiger partial charge is 0.126 e. The van der Waals surface area contributed by atoms with Crippen LogP contribution in [0.1, 0.15) is 29.5 Å². The Morgan fingerprint density at radius 1 is 0.871 bits per heavy atom. The van der Waals surface area contributed by atoms with E-state index in [9.17, 15) is 9.50 Å². The Labute approximate surface area is 191 Å². The van der Waals surface area contributed by atoms with E-state index in [0.717, 1.165) is 47.4 Å². The van der Waals surface area contributed by atoms with E-state index in [1.165, 1.54) is 11.6 Å². The van der Waals surface area contributed by atoms with E-state index in [-0.39, 0.29) is 14.4 Å². The Balaban J connectivity index is 1.66. The van der Waals surface area contributed by atoms with Gasteiger partial charge in [-0.15, -0.1) is 0 Å². The fraction of sp³-hybridized carbons (Fsp3) is 0.259. The van der Waals surface area contributed by atoms with Crippen LogP contribution in [-0.4, -0.2) is 5.11 Å². The van der Waals surface area contributed by atoms with Crippen molar-refractivity contribution in [3.63, 3.8) is 0 Å². The van der Waals surface area contributed by atoms with Crippen molar-refractivity contribution in [2.45, 2.75) is 31.4 Å². The number of phenols is 1. The summed E-state index contributed by atoms with van der Waals surface area (Å²) in [5, 5.41) is 13.2. The van der Waals surface area contributed by atoms with E-state index in [4.69, 9.17) is 0 Å². The first-order chi connectivity index (χ1) is 15.1. The van der Waals surface area contributed by atoms with Gasteiger partial charge in [0.2, 0.25) is 0 Å². The highest BCUT2D eigenvalue weighted by Gasteiger charge is 2.17. The molecule has 2 aromatic rings. The van der Waals surface area contributed by atoms with Gasteiger partial charge < -0.3 is 5.11 Å². The first-order valence-corrected chi connectivity index (χ1v) is 12.4. The highest BCUT2D eigenvalue weighted by atomic mass is 32.1. The number of hydrogen-bond donors (Lipinski definition) is 2. The molecule has 3 atom stereocenters. The van der Waals surface area contributed by atoms with Crippen LogP contribution >= 0.6 is 21.2 Å². The molecule has 0 saturated carbocycles. The number of rotatable bonds is 7. The molecule has 31 heavy (non-hydrogen) atoms. The van der Waals surface area contributed by atoms with Crippen LogP contribution < -0.4 is 10.6 Å². The van der Waals surface area contributed by atoms with E-state index in [1.807, 2.05) is 6.07 Å². The molecular weight excluding hydrogens is 422 g/mol. The molecule has 4 rings (SSSR count). The summed E-state index contributed by atoms with van der Waals surface area (Å²) < 4.78 is 13.7. The van der Waals surface area contributed by atoms with Crippen LogP contribution in [0.5, 0.6) is 5.75 Å². The quantitative estimate of drug-likeness (QED) is 0.395. The van der Waals surface area contributed by atoms with E-state index >= 15 is 0 Å². The number of benzene rings is 2. The maximum Gasteiger partial charge on any atom is 0.126 e. The van der Waals surface area contributed by atoms with Crippen molar-refractivity contribution in [3.05, 3.63) is 101 Å². The number of thiol groups is 1. The summed E-state index contributed by atoms with van der Waals surface area (Å²) in [5.41, 5.74) is 3.15. The first-order valence-electron chi connectivity index (χ1n) is 10.8. The number of phenolic OH excluding ortho intramolecular Hbond substituents is 1. The van der Waals surface area contributed by atoms with Crippen molar-refractivity contribution in [2.24, 2.45) is 11.8 Å². The Kier molecular flexibility index (Phi) is 7.48. The summed E-state index contributed by atoms with van der Waals surface area (Å²) >= 11 is 4.38. The lowest BCUT2D eigenvalue weighted by Gasteiger charge is -2.20. The molecule has 1 N–H and O–H groups in total. The second kappa shape index (κ2) is 10.5. The fourth-order valence-electron chi connectivity index (χ4n) is 4.24. The van der Waals surface area contributed by atoms with E-state index in [1.54, 1.807) is 6.07 Å². The Hall–Kier alpha value is -2.09. The van der Waals surface area contributed by atoms with Crippen molar-refractivity contribution in [2.75, 3.05) is 0 Å². The van der Waals surface area contributed by atoms with Crippen molar-refractivity contribution >= 4 is 31.8 Å². The van der Waals surface area contributed by atoms with Crippen LogP contribution in [0, 0.1) is 17.7 Å². The molecule has 0 spiro atoms. The van der Waals surface area contributed by atoms with Crippen molar-refractivity contribution in [1.29, 1.82) is 0 Å². The molecule has 2 aliphatic rings. The van der Waals surface area contributed by atoms with Crippen molar-refractivity contribution in [3.8, 4) is 5.75 Å². The van der Waals surface area contributed by atoms with E-state index in [2.05, 4.69) is 73.4 Å². The van der Waals surface area contributed by atoms with Gasteiger partial charge in [-0.25, -0.2) is 4.39 Å². The van der Waals surface area contributed by atoms with Crippen molar-refractivity contribution < 1.29 is 9.50 Å². The zero-order chi connectivity index (χ0) is 21.6. The largest absolute Gasteiger partial charge is 0.507 e. The van der Waals surface area contributed by atoms with Crippen LogP contribution in [0.3, 0.4) is 0 Å². The van der Waals surface area contributed by atoms with Gasteiger partial charge in [0.15, 0.2) is 0 Å². The van der Waals surface area contributed by atoms with Gasteiger partial charge in [-0.3, -0.25) is 0 Å². The average molecular weight is 451 g/mol. The summed E-state index contributed by atoms with van der Waals surface area (Å²) in [6, 6.07) is 9.21. The van der Waals surface area contributed by atoms with Crippen molar-refractivity contribution in [1.82, 2.24) is 0 Å². The van der Waals surface area contributed by atoms with Gasteiger partial charge in [0.05, 0.1) is 0 Å². The monoisotopic (exact) mass is 450 g/mol. The third-order valence-electron chi connectivity index (χ3n) is 5.87. The molecule has 0 radical (unpaired) electrons. The second-order valence-corrected chi connectivity index (χ2v) is 9.91. The molecule has 160 valence electrons.